The van der Waals surface area contributed by atoms with Crippen molar-refractivity contribution in [2.45, 2.75) is 6.92 Å². The molecule has 0 aliphatic rings. The maximum atomic E-state index is 6.04. The van der Waals surface area contributed by atoms with Crippen LogP contribution in [0.3, 0.4) is 0 Å². The van der Waals surface area contributed by atoms with Crippen LogP contribution in [0.2, 0.25) is 5.15 Å². The number of benzene rings is 1. The molecule has 0 unspecified atom stereocenters. The number of nitrogens with two attached hydrogens (primary N) is 1. The van der Waals surface area contributed by atoms with Crippen LogP contribution in [0.4, 0.5) is 17.5 Å². The molecule has 3 N–H and O–H groups in total. The van der Waals surface area contributed by atoms with Gasteiger partial charge in [0.05, 0.1) is 0 Å². The monoisotopic (exact) mass is 285 g/mol. The van der Waals surface area contributed by atoms with Crippen molar-refractivity contribution in [3.05, 3.63) is 47.2 Å². The van der Waals surface area contributed by atoms with Crippen molar-refractivity contribution in [1.29, 1.82) is 0 Å². The molecule has 2 aromatic heterocycles. The molecule has 3 rings (SSSR count). The molecule has 0 atom stereocenters. The lowest BCUT2D eigenvalue weighted by Crippen LogP contribution is -2.02. The Balaban J connectivity index is 2.04. The van der Waals surface area contributed by atoms with Gasteiger partial charge < -0.3 is 11.1 Å². The number of anilines is 3. The summed E-state index contributed by atoms with van der Waals surface area (Å²) in [6.07, 6.45) is 1.58. The van der Waals surface area contributed by atoms with E-state index in [9.17, 15) is 0 Å². The second-order valence-electron chi connectivity index (χ2n) is 4.42. The lowest BCUT2D eigenvalue weighted by atomic mass is 10.2. The van der Waals surface area contributed by atoms with Gasteiger partial charge in [-0.05, 0) is 25.1 Å². The molecular weight excluding hydrogens is 274 g/mol. The minimum Gasteiger partial charge on any atom is -0.383 e. The molecule has 6 heteroatoms. The van der Waals surface area contributed by atoms with E-state index in [0.717, 1.165) is 5.69 Å². The van der Waals surface area contributed by atoms with Crippen LogP contribution in [-0.4, -0.2) is 15.0 Å². The smallest absolute Gasteiger partial charge is 0.229 e. The van der Waals surface area contributed by atoms with Crippen molar-refractivity contribution < 1.29 is 0 Å². The van der Waals surface area contributed by atoms with Gasteiger partial charge in [0.15, 0.2) is 5.15 Å². The van der Waals surface area contributed by atoms with Crippen molar-refractivity contribution in [3.8, 4) is 0 Å². The number of aryl methyl sites for hydroxylation is 1. The quantitative estimate of drug-likeness (QED) is 0.706. The second-order valence-corrected chi connectivity index (χ2v) is 4.78. The summed E-state index contributed by atoms with van der Waals surface area (Å²) in [5, 5.41) is 4.11. The molecule has 0 spiro atoms. The van der Waals surface area contributed by atoms with Crippen LogP contribution in [-0.2, 0) is 0 Å². The van der Waals surface area contributed by atoms with E-state index in [4.69, 9.17) is 17.3 Å². The van der Waals surface area contributed by atoms with Crippen molar-refractivity contribution in [1.82, 2.24) is 15.0 Å². The van der Waals surface area contributed by atoms with E-state index >= 15 is 0 Å². The molecule has 20 heavy (non-hydrogen) atoms. The maximum absolute atomic E-state index is 6.04. The summed E-state index contributed by atoms with van der Waals surface area (Å²) in [6, 6.07) is 9.64. The molecule has 100 valence electrons. The zero-order valence-electron chi connectivity index (χ0n) is 10.8. The summed E-state index contributed by atoms with van der Waals surface area (Å²) in [5.41, 5.74) is 8.53. The fourth-order valence-electron chi connectivity index (χ4n) is 1.87. The van der Waals surface area contributed by atoms with Crippen molar-refractivity contribution in [2.75, 3.05) is 11.1 Å². The molecule has 0 aliphatic carbocycles. The topological polar surface area (TPSA) is 76.7 Å². The number of nitrogen functional groups attached to an aromatic ring is 1. The minimum atomic E-state index is 0.309. The van der Waals surface area contributed by atoms with E-state index in [2.05, 4.69) is 20.3 Å². The highest BCUT2D eigenvalue weighted by Crippen LogP contribution is 2.25. The fraction of sp³-hybridized carbons (Fsp3) is 0.0714. The first-order valence-electron chi connectivity index (χ1n) is 6.05. The lowest BCUT2D eigenvalue weighted by Gasteiger charge is -2.08. The normalized spacial score (nSPS) is 10.7. The molecule has 0 bridgehead atoms. The van der Waals surface area contributed by atoms with E-state index in [0.29, 0.717) is 27.8 Å². The fourth-order valence-corrected chi connectivity index (χ4v) is 2.07. The van der Waals surface area contributed by atoms with Crippen molar-refractivity contribution in [3.63, 3.8) is 0 Å². The number of nitrogens with one attached hydrogen (secondary N) is 1. The highest BCUT2D eigenvalue weighted by molar-refractivity contribution is 6.34. The Kier molecular flexibility index (Phi) is 3.12. The third kappa shape index (κ3) is 2.35. The molecule has 2 heterocycles. The standard InChI is InChI=1S/C14H12ClN5/c1-8-2-4-9(5-3-8)18-14-19-11-10(13(16)20-14)6-7-17-12(11)15/h2-7H,1H3,(H3,16,18,19,20). The van der Waals surface area contributed by atoms with E-state index in [-0.39, 0.29) is 0 Å². The van der Waals surface area contributed by atoms with Gasteiger partial charge in [-0.2, -0.15) is 4.98 Å². The zero-order chi connectivity index (χ0) is 14.1. The van der Waals surface area contributed by atoms with Gasteiger partial charge in [-0.25, -0.2) is 9.97 Å². The van der Waals surface area contributed by atoms with E-state index in [1.807, 2.05) is 31.2 Å². The van der Waals surface area contributed by atoms with Crippen LogP contribution in [0.25, 0.3) is 10.9 Å². The van der Waals surface area contributed by atoms with Gasteiger partial charge in [-0.1, -0.05) is 29.3 Å². The lowest BCUT2D eigenvalue weighted by molar-refractivity contribution is 1.20. The molecule has 0 radical (unpaired) electrons. The molecule has 0 saturated heterocycles. The summed E-state index contributed by atoms with van der Waals surface area (Å²) >= 11 is 6.04. The first-order valence-corrected chi connectivity index (χ1v) is 6.43. The summed E-state index contributed by atoms with van der Waals surface area (Å²) in [6.45, 7) is 2.03. The van der Waals surface area contributed by atoms with Gasteiger partial charge in [-0.3, -0.25) is 0 Å². The highest BCUT2D eigenvalue weighted by atomic mass is 35.5. The van der Waals surface area contributed by atoms with Crippen LogP contribution in [0.1, 0.15) is 5.56 Å². The second kappa shape index (κ2) is 4.94. The van der Waals surface area contributed by atoms with Crippen molar-refractivity contribution in [2.24, 2.45) is 0 Å². The largest absolute Gasteiger partial charge is 0.383 e. The van der Waals surface area contributed by atoms with E-state index in [1.165, 1.54) is 5.56 Å². The van der Waals surface area contributed by atoms with Crippen LogP contribution in [0.5, 0.6) is 0 Å². The average molecular weight is 286 g/mol. The van der Waals surface area contributed by atoms with E-state index in [1.54, 1.807) is 12.3 Å². The number of rotatable bonds is 2. The van der Waals surface area contributed by atoms with E-state index < -0.39 is 0 Å². The van der Waals surface area contributed by atoms with Crippen LogP contribution in [0, 0.1) is 6.92 Å². The molecule has 3 aromatic rings. The predicted octanol–water partition coefficient (Wildman–Crippen LogP) is 3.31. The Morgan fingerprint density at radius 2 is 1.85 bits per heavy atom. The Hall–Kier alpha value is -2.40. The number of fused-ring (bicyclic) bond motifs is 1. The molecule has 0 amide bonds. The van der Waals surface area contributed by atoms with Gasteiger partial charge in [-0.15, -0.1) is 0 Å². The van der Waals surface area contributed by atoms with Crippen LogP contribution < -0.4 is 11.1 Å². The van der Waals surface area contributed by atoms with Gasteiger partial charge >= 0.3 is 0 Å². The average Bonchev–Trinajstić information content (AvgIpc) is 2.43. The summed E-state index contributed by atoms with van der Waals surface area (Å²) in [5.74, 6) is 0.766. The van der Waals surface area contributed by atoms with Crippen molar-refractivity contribution >= 4 is 40.0 Å². The molecule has 0 aliphatic heterocycles. The molecule has 5 nitrogen and oxygen atoms in total. The summed E-state index contributed by atoms with van der Waals surface area (Å²) in [4.78, 5) is 12.6. The maximum Gasteiger partial charge on any atom is 0.229 e. The number of nitrogens with zero attached hydrogens (tertiary/aromatic N) is 3. The van der Waals surface area contributed by atoms with Gasteiger partial charge in [0, 0.05) is 17.3 Å². The minimum absolute atomic E-state index is 0.309. The van der Waals surface area contributed by atoms with Gasteiger partial charge in [0.1, 0.15) is 11.3 Å². The number of pyridine rings is 1. The number of halogens is 1. The highest BCUT2D eigenvalue weighted by Gasteiger charge is 2.09. The Bertz CT molecular complexity index is 770. The van der Waals surface area contributed by atoms with Crippen LogP contribution >= 0.6 is 11.6 Å². The number of aromatic nitrogens is 3. The molecule has 0 saturated carbocycles. The number of hydrogen-bond acceptors (Lipinski definition) is 5. The van der Waals surface area contributed by atoms with Gasteiger partial charge in [0.2, 0.25) is 5.95 Å². The summed E-state index contributed by atoms with van der Waals surface area (Å²) in [7, 11) is 0. The molecular formula is C14H12ClN5. The molecule has 1 aromatic carbocycles. The predicted molar refractivity (Wildman–Crippen MR) is 81.2 cm³/mol. The first kappa shape index (κ1) is 12.6. The van der Waals surface area contributed by atoms with Crippen LogP contribution in [0.15, 0.2) is 36.5 Å². The molecule has 0 fully saturated rings. The van der Waals surface area contributed by atoms with Gasteiger partial charge in [0.25, 0.3) is 0 Å². The SMILES string of the molecule is Cc1ccc(Nc2nc(N)c3ccnc(Cl)c3n2)cc1. The third-order valence-electron chi connectivity index (χ3n) is 2.91. The Morgan fingerprint density at radius 1 is 1.10 bits per heavy atom. The zero-order valence-corrected chi connectivity index (χ0v) is 11.5. The Morgan fingerprint density at radius 3 is 2.60 bits per heavy atom. The summed E-state index contributed by atoms with van der Waals surface area (Å²) < 4.78 is 0. The third-order valence-corrected chi connectivity index (χ3v) is 3.18. The number of hydrogen-bond donors (Lipinski definition) is 2. The first-order chi connectivity index (χ1) is 9.63. The Labute approximate surface area is 120 Å².